The Hall–Kier alpha value is -5.97. The molecule has 6 aromatic carbocycles. The average molecular weight is 1460 g/mol. The molecule has 106 heavy (non-hydrogen) atoms. The van der Waals surface area contributed by atoms with Crippen LogP contribution in [0.2, 0.25) is 0 Å². The molecule has 0 saturated carbocycles. The maximum atomic E-state index is 15.1. The van der Waals surface area contributed by atoms with Crippen LogP contribution in [0.1, 0.15) is 260 Å². The second kappa shape index (κ2) is 56.3. The van der Waals surface area contributed by atoms with Crippen molar-refractivity contribution in [3.8, 4) is 11.5 Å². The van der Waals surface area contributed by atoms with Crippen molar-refractivity contribution in [1.29, 1.82) is 0 Å². The van der Waals surface area contributed by atoms with E-state index < -0.39 is 49.0 Å². The molecule has 0 aliphatic carbocycles. The molecule has 1 aliphatic heterocycles. The van der Waals surface area contributed by atoms with Gasteiger partial charge in [-0.3, -0.25) is 4.79 Å². The number of amides is 1. The third kappa shape index (κ3) is 36.5. The van der Waals surface area contributed by atoms with E-state index in [0.717, 1.165) is 83.4 Å². The molecular weight excluding hydrogens is 1320 g/mol. The molecule has 8 atom stereocenters. The van der Waals surface area contributed by atoms with Crippen LogP contribution in [0.25, 0.3) is 0 Å². The van der Waals surface area contributed by atoms with Crippen molar-refractivity contribution in [1.82, 2.24) is 10.2 Å². The first-order chi connectivity index (χ1) is 52.4. The number of carbonyl (C=O) groups excluding carboxylic acids is 1. The Kier molecular flexibility index (Phi) is 46.3. The van der Waals surface area contributed by atoms with Crippen LogP contribution in [0.15, 0.2) is 170 Å². The van der Waals surface area contributed by atoms with Gasteiger partial charge in [0.1, 0.15) is 42.0 Å². The smallest absolute Gasteiger partial charge is 0.220 e. The molecule has 7 rings (SSSR count). The quantitative estimate of drug-likeness (QED) is 0.0366. The Balaban J connectivity index is 1.17. The van der Waals surface area contributed by atoms with Crippen LogP contribution in [0.4, 0.5) is 0 Å². The molecule has 1 heterocycles. The number of methoxy groups -OCH3 is 2. The summed E-state index contributed by atoms with van der Waals surface area (Å²) in [4.78, 5) is 17.9. The predicted octanol–water partition coefficient (Wildman–Crippen LogP) is 22.2. The number of hydrogen-bond donors (Lipinski definition) is 1. The zero-order chi connectivity index (χ0) is 74.4. The van der Waals surface area contributed by atoms with Crippen molar-refractivity contribution in [3.05, 3.63) is 203 Å². The van der Waals surface area contributed by atoms with Gasteiger partial charge in [0.15, 0.2) is 6.29 Å². The van der Waals surface area contributed by atoms with Crippen molar-refractivity contribution in [2.75, 3.05) is 47.1 Å². The summed E-state index contributed by atoms with van der Waals surface area (Å²) < 4.78 is 68.6. The average Bonchev–Trinajstić information content (AvgIpc) is 0.786. The molecule has 0 aromatic heterocycles. The van der Waals surface area contributed by atoms with Gasteiger partial charge >= 0.3 is 0 Å². The van der Waals surface area contributed by atoms with Crippen molar-refractivity contribution in [2.45, 2.75) is 315 Å². The SMILES string of the molecule is CCCCCCCCCCCCCC[C@@H](OCc1ccc(OC)cc1)[C@@H](OCc1ccc(OC)cc1)[C@H](CO[C@H]1OC(COCc2ccccc2)[C@H](OCc2ccccc2)[C@@H](OCc2ccccc2)[C@@H]1OCc1ccccc1)NC(=O)CCCCCCCCCCN(CCCCCCC)CCCCCCC. The lowest BCUT2D eigenvalue weighted by Gasteiger charge is -2.46. The van der Waals surface area contributed by atoms with Gasteiger partial charge in [-0.15, -0.1) is 0 Å². The monoisotopic (exact) mass is 1460 g/mol. The van der Waals surface area contributed by atoms with Crippen LogP contribution >= 0.6 is 0 Å². The van der Waals surface area contributed by atoms with Gasteiger partial charge in [0.2, 0.25) is 5.91 Å². The Morgan fingerprint density at radius 2 is 0.755 bits per heavy atom. The highest BCUT2D eigenvalue weighted by molar-refractivity contribution is 5.76. The predicted molar refractivity (Wildman–Crippen MR) is 432 cm³/mol. The first kappa shape index (κ1) is 87.3. The first-order valence-corrected chi connectivity index (χ1v) is 41.7. The summed E-state index contributed by atoms with van der Waals surface area (Å²) in [7, 11) is 3.37. The van der Waals surface area contributed by atoms with Crippen LogP contribution < -0.4 is 14.8 Å². The first-order valence-electron chi connectivity index (χ1n) is 41.7. The lowest BCUT2D eigenvalue weighted by Crippen LogP contribution is -2.62. The number of benzene rings is 6. The molecule has 1 saturated heterocycles. The third-order valence-corrected chi connectivity index (χ3v) is 20.7. The summed E-state index contributed by atoms with van der Waals surface area (Å²) in [5.74, 6) is 1.48. The minimum absolute atomic E-state index is 0.00998. The van der Waals surface area contributed by atoms with Gasteiger partial charge in [-0.2, -0.15) is 0 Å². The largest absolute Gasteiger partial charge is 0.497 e. The normalized spacial score (nSPS) is 16.8. The van der Waals surface area contributed by atoms with E-state index in [9.17, 15) is 0 Å². The van der Waals surface area contributed by atoms with Gasteiger partial charge in [0.05, 0.1) is 79.2 Å². The highest BCUT2D eigenvalue weighted by Gasteiger charge is 2.50. The second-order valence-corrected chi connectivity index (χ2v) is 29.6. The van der Waals surface area contributed by atoms with Crippen molar-refractivity contribution < 1.29 is 52.2 Å². The molecule has 1 N–H and O–H groups in total. The van der Waals surface area contributed by atoms with Crippen LogP contribution in [0, 0.1) is 0 Å². The van der Waals surface area contributed by atoms with E-state index in [0.29, 0.717) is 32.7 Å². The summed E-state index contributed by atoms with van der Waals surface area (Å²) >= 11 is 0. The van der Waals surface area contributed by atoms with Crippen LogP contribution in [-0.4, -0.2) is 107 Å². The van der Waals surface area contributed by atoms with Gasteiger partial charge in [-0.25, -0.2) is 0 Å². The Labute approximate surface area is 641 Å². The second-order valence-electron chi connectivity index (χ2n) is 29.6. The standard InChI is InChI=1S/C93H138N2O11/c1-6-9-12-15-16-17-18-19-20-23-26-43-56-86(100-70-81-58-62-83(97-4)63-59-81)89(101-74-82-60-64-84(98-5)65-61-82)85(94-88(96)57-44-27-24-21-22-25-30-47-68-95(66-45-28-13-10-7-2)67-46-29-14-11-8-3)75-105-93-92(104-73-80-54-41-34-42-55-80)91(103-72-79-52-39-33-40-53-79)90(102-71-78-50-37-32-38-51-78)87(106-93)76-99-69-77-48-35-31-36-49-77/h31-42,48-55,58-65,85-87,89-93H,6-30,43-47,56-57,66-76H2,1-5H3,(H,94,96)/t85-,86+,87?,89-,90-,91+,92-,93-/m0/s1. The van der Waals surface area contributed by atoms with Crippen LogP contribution in [-0.2, 0) is 82.3 Å². The maximum Gasteiger partial charge on any atom is 0.220 e. The summed E-state index contributed by atoms with van der Waals surface area (Å²) in [6, 6.07) is 56.1. The molecule has 0 bridgehead atoms. The number of nitrogens with one attached hydrogen (secondary N) is 1. The minimum Gasteiger partial charge on any atom is -0.497 e. The van der Waals surface area contributed by atoms with Gasteiger partial charge in [-0.05, 0) is 109 Å². The van der Waals surface area contributed by atoms with E-state index >= 15 is 4.79 Å². The Bertz CT molecular complexity index is 3020. The third-order valence-electron chi connectivity index (χ3n) is 20.7. The lowest BCUT2D eigenvalue weighted by atomic mass is 9.97. The summed E-state index contributed by atoms with van der Waals surface area (Å²) in [5, 5.41) is 3.58. The van der Waals surface area contributed by atoms with Crippen LogP contribution in [0.5, 0.6) is 11.5 Å². The van der Waals surface area contributed by atoms with Gasteiger partial charge in [0.25, 0.3) is 0 Å². The topological polar surface area (TPSA) is 125 Å². The fourth-order valence-corrected chi connectivity index (χ4v) is 14.3. The number of unbranched alkanes of at least 4 members (excludes halogenated alkanes) is 26. The number of rotatable bonds is 63. The summed E-state index contributed by atoms with van der Waals surface area (Å²) in [6.07, 6.45) is 33.1. The number of nitrogens with zero attached hydrogens (tertiary/aromatic N) is 1. The van der Waals surface area contributed by atoms with E-state index in [-0.39, 0.29) is 38.9 Å². The molecule has 13 heteroatoms. The van der Waals surface area contributed by atoms with E-state index in [2.05, 4.69) is 91.7 Å². The minimum atomic E-state index is -1.04. The molecule has 0 radical (unpaired) electrons. The van der Waals surface area contributed by atoms with E-state index in [1.54, 1.807) is 14.2 Å². The van der Waals surface area contributed by atoms with Crippen LogP contribution in [0.3, 0.4) is 0 Å². The van der Waals surface area contributed by atoms with E-state index in [1.807, 2.05) is 109 Å². The summed E-state index contributed by atoms with van der Waals surface area (Å²) in [5.41, 5.74) is 5.99. The molecule has 0 spiro atoms. The Morgan fingerprint density at radius 1 is 0.387 bits per heavy atom. The molecule has 6 aromatic rings. The van der Waals surface area contributed by atoms with Gasteiger partial charge in [-0.1, -0.05) is 333 Å². The maximum absolute atomic E-state index is 15.1. The molecule has 1 aliphatic rings. The molecule has 1 unspecified atom stereocenters. The number of ether oxygens (including phenoxy) is 10. The van der Waals surface area contributed by atoms with E-state index in [4.69, 9.17) is 47.4 Å². The number of carbonyl (C=O) groups is 1. The lowest BCUT2D eigenvalue weighted by molar-refractivity contribution is -0.330. The molecule has 13 nitrogen and oxygen atoms in total. The van der Waals surface area contributed by atoms with Gasteiger partial charge in [0, 0.05) is 6.42 Å². The molecule has 586 valence electrons. The van der Waals surface area contributed by atoms with Gasteiger partial charge < -0.3 is 57.6 Å². The molecule has 1 fully saturated rings. The zero-order valence-electron chi connectivity index (χ0n) is 66.1. The van der Waals surface area contributed by atoms with Crippen molar-refractivity contribution >= 4 is 5.91 Å². The zero-order valence-corrected chi connectivity index (χ0v) is 66.1. The van der Waals surface area contributed by atoms with E-state index in [1.165, 1.54) is 174 Å². The molecular formula is C93H138N2O11. The van der Waals surface area contributed by atoms with Crippen molar-refractivity contribution in [2.24, 2.45) is 0 Å². The molecule has 1 amide bonds. The highest BCUT2D eigenvalue weighted by Crippen LogP contribution is 2.33. The highest BCUT2D eigenvalue weighted by atomic mass is 16.7. The van der Waals surface area contributed by atoms with Crippen molar-refractivity contribution in [3.63, 3.8) is 0 Å². The number of hydrogen-bond acceptors (Lipinski definition) is 12. The summed E-state index contributed by atoms with van der Waals surface area (Å²) in [6.45, 7) is 12.5. The fraction of sp³-hybridized carbons (Fsp3) is 0.602. The Morgan fingerprint density at radius 3 is 1.19 bits per heavy atom. The fourth-order valence-electron chi connectivity index (χ4n) is 14.3.